The van der Waals surface area contributed by atoms with E-state index in [4.69, 9.17) is 5.53 Å². The molecule has 1 aromatic heterocycles. The zero-order valence-electron chi connectivity index (χ0n) is 7.13. The molecule has 0 fully saturated rings. The molecule has 4 nitrogen and oxygen atoms in total. The van der Waals surface area contributed by atoms with E-state index in [1.807, 2.05) is 17.5 Å². The summed E-state index contributed by atoms with van der Waals surface area (Å²) >= 11 is 1.54. The summed E-state index contributed by atoms with van der Waals surface area (Å²) in [5.41, 5.74) is 8.01. The average molecular weight is 197 g/mol. The van der Waals surface area contributed by atoms with Crippen molar-refractivity contribution in [2.75, 3.05) is 6.54 Å². The Morgan fingerprint density at radius 2 is 2.54 bits per heavy atom. The Balaban J connectivity index is 2.26. The number of hydrogen-bond acceptors (Lipinski definition) is 3. The second-order valence-electron chi connectivity index (χ2n) is 2.63. The van der Waals surface area contributed by atoms with Crippen LogP contribution in [0.25, 0.3) is 10.4 Å². The van der Waals surface area contributed by atoms with Crippen LogP contribution in [-0.2, 0) is 0 Å². The molecule has 0 aliphatic carbocycles. The molecule has 1 N–H and O–H groups in total. The first-order valence-corrected chi connectivity index (χ1v) is 4.95. The molecule has 13 heavy (non-hydrogen) atoms. The van der Waals surface area contributed by atoms with E-state index in [9.17, 15) is 5.11 Å². The fourth-order valence-corrected chi connectivity index (χ4v) is 1.77. The summed E-state index contributed by atoms with van der Waals surface area (Å²) in [4.78, 5) is 3.61. The topological polar surface area (TPSA) is 69.0 Å². The summed E-state index contributed by atoms with van der Waals surface area (Å²) in [6.07, 6.45) is 0.969. The van der Waals surface area contributed by atoms with E-state index in [1.165, 1.54) is 0 Å². The number of hydrogen-bond donors (Lipinski definition) is 1. The van der Waals surface area contributed by atoms with Gasteiger partial charge in [0.25, 0.3) is 0 Å². The first-order valence-electron chi connectivity index (χ1n) is 4.07. The molecular formula is C8H11N3OS. The van der Waals surface area contributed by atoms with E-state index < -0.39 is 6.10 Å². The minimum Gasteiger partial charge on any atom is -0.388 e. The fourth-order valence-electron chi connectivity index (χ4n) is 1.02. The molecular weight excluding hydrogens is 186 g/mol. The third-order valence-electron chi connectivity index (χ3n) is 1.67. The molecule has 0 aliphatic heterocycles. The third-order valence-corrected chi connectivity index (χ3v) is 2.64. The average Bonchev–Trinajstić information content (AvgIpc) is 2.65. The molecule has 0 saturated carbocycles. The lowest BCUT2D eigenvalue weighted by molar-refractivity contribution is 0.169. The van der Waals surface area contributed by atoms with Gasteiger partial charge in [-0.1, -0.05) is 11.2 Å². The molecule has 0 spiro atoms. The van der Waals surface area contributed by atoms with Crippen molar-refractivity contribution >= 4 is 11.3 Å². The van der Waals surface area contributed by atoms with Crippen molar-refractivity contribution in [1.29, 1.82) is 0 Å². The van der Waals surface area contributed by atoms with Gasteiger partial charge in [-0.05, 0) is 29.8 Å². The Hall–Kier alpha value is -1.03. The van der Waals surface area contributed by atoms with Crippen molar-refractivity contribution in [1.82, 2.24) is 0 Å². The Labute approximate surface area is 80.5 Å². The molecule has 1 unspecified atom stereocenters. The summed E-state index contributed by atoms with van der Waals surface area (Å²) in [6, 6.07) is 3.82. The summed E-state index contributed by atoms with van der Waals surface area (Å²) in [5, 5.41) is 14.9. The van der Waals surface area contributed by atoms with Crippen LogP contribution in [0.4, 0.5) is 0 Å². The quantitative estimate of drug-likeness (QED) is 0.335. The van der Waals surface area contributed by atoms with Gasteiger partial charge in [0, 0.05) is 16.3 Å². The molecule has 0 saturated heterocycles. The van der Waals surface area contributed by atoms with Crippen molar-refractivity contribution in [2.45, 2.75) is 18.9 Å². The van der Waals surface area contributed by atoms with Gasteiger partial charge in [-0.15, -0.1) is 11.3 Å². The lowest BCUT2D eigenvalue weighted by Gasteiger charge is -2.05. The summed E-state index contributed by atoms with van der Waals surface area (Å²) in [7, 11) is 0. The number of aliphatic hydroxyl groups is 1. The largest absolute Gasteiger partial charge is 0.388 e. The van der Waals surface area contributed by atoms with E-state index in [0.29, 0.717) is 13.0 Å². The van der Waals surface area contributed by atoms with Gasteiger partial charge >= 0.3 is 0 Å². The van der Waals surface area contributed by atoms with Crippen molar-refractivity contribution < 1.29 is 5.11 Å². The van der Waals surface area contributed by atoms with Crippen LogP contribution in [0.1, 0.15) is 23.8 Å². The minimum atomic E-state index is -0.408. The summed E-state index contributed by atoms with van der Waals surface area (Å²) in [5.74, 6) is 0. The van der Waals surface area contributed by atoms with Crippen LogP contribution in [-0.4, -0.2) is 11.7 Å². The molecule has 0 amide bonds. The highest BCUT2D eigenvalue weighted by Crippen LogP contribution is 2.22. The van der Waals surface area contributed by atoms with Crippen molar-refractivity contribution in [2.24, 2.45) is 5.11 Å². The minimum absolute atomic E-state index is 0.408. The van der Waals surface area contributed by atoms with Gasteiger partial charge in [0.05, 0.1) is 6.10 Å². The summed E-state index contributed by atoms with van der Waals surface area (Å²) < 4.78 is 0. The van der Waals surface area contributed by atoms with Gasteiger partial charge in [-0.3, -0.25) is 0 Å². The lowest BCUT2D eigenvalue weighted by atomic mass is 10.2. The standard InChI is InChI=1S/C8H11N3OS/c9-11-10-5-1-3-7(12)8-4-2-6-13-8/h2,4,6-7,12H,1,3,5H2. The normalized spacial score (nSPS) is 12.1. The Morgan fingerprint density at radius 1 is 1.69 bits per heavy atom. The van der Waals surface area contributed by atoms with E-state index in [1.54, 1.807) is 11.3 Å². The van der Waals surface area contributed by atoms with Gasteiger partial charge in [-0.2, -0.15) is 0 Å². The number of rotatable bonds is 5. The van der Waals surface area contributed by atoms with Gasteiger partial charge in [-0.25, -0.2) is 0 Å². The first-order chi connectivity index (χ1) is 6.34. The van der Waals surface area contributed by atoms with Crippen molar-refractivity contribution in [3.63, 3.8) is 0 Å². The van der Waals surface area contributed by atoms with E-state index >= 15 is 0 Å². The Morgan fingerprint density at radius 3 is 3.15 bits per heavy atom. The zero-order chi connectivity index (χ0) is 9.52. The van der Waals surface area contributed by atoms with Crippen molar-refractivity contribution in [3.05, 3.63) is 32.8 Å². The van der Waals surface area contributed by atoms with Crippen LogP contribution in [0.15, 0.2) is 22.6 Å². The van der Waals surface area contributed by atoms with Gasteiger partial charge in [0.2, 0.25) is 0 Å². The summed E-state index contributed by atoms with van der Waals surface area (Å²) in [6.45, 7) is 0.457. The predicted octanol–water partition coefficient (Wildman–Crippen LogP) is 2.87. The van der Waals surface area contributed by atoms with Crippen molar-refractivity contribution in [3.8, 4) is 0 Å². The van der Waals surface area contributed by atoms with Gasteiger partial charge in [0.15, 0.2) is 0 Å². The molecule has 1 aromatic rings. The SMILES string of the molecule is [N-]=[N+]=NCCCC(O)c1cccs1. The zero-order valence-corrected chi connectivity index (χ0v) is 7.94. The molecule has 0 radical (unpaired) electrons. The van der Waals surface area contributed by atoms with E-state index in [2.05, 4.69) is 10.0 Å². The van der Waals surface area contributed by atoms with E-state index in [0.717, 1.165) is 11.3 Å². The highest BCUT2D eigenvalue weighted by molar-refractivity contribution is 7.10. The van der Waals surface area contributed by atoms with Crippen LogP contribution in [0.5, 0.6) is 0 Å². The van der Waals surface area contributed by atoms with Crippen LogP contribution in [0.3, 0.4) is 0 Å². The number of aliphatic hydroxyl groups excluding tert-OH is 1. The number of thiophene rings is 1. The fraction of sp³-hybridized carbons (Fsp3) is 0.500. The van der Waals surface area contributed by atoms with Crippen LogP contribution in [0, 0.1) is 0 Å². The number of nitrogens with zero attached hydrogens (tertiary/aromatic N) is 3. The maximum absolute atomic E-state index is 9.58. The molecule has 0 aromatic carbocycles. The van der Waals surface area contributed by atoms with Gasteiger partial charge < -0.3 is 5.11 Å². The third kappa shape index (κ3) is 3.46. The first kappa shape index (κ1) is 10.1. The van der Waals surface area contributed by atoms with Crippen LogP contribution >= 0.6 is 11.3 Å². The monoisotopic (exact) mass is 197 g/mol. The molecule has 0 aliphatic rings. The molecule has 1 atom stereocenters. The molecule has 70 valence electrons. The lowest BCUT2D eigenvalue weighted by Crippen LogP contribution is -1.95. The predicted molar refractivity (Wildman–Crippen MR) is 52.5 cm³/mol. The number of azide groups is 1. The maximum atomic E-state index is 9.58. The Kier molecular flexibility index (Phi) is 4.32. The molecule has 1 heterocycles. The van der Waals surface area contributed by atoms with Crippen LogP contribution < -0.4 is 0 Å². The van der Waals surface area contributed by atoms with Crippen LogP contribution in [0.2, 0.25) is 0 Å². The molecule has 5 heteroatoms. The molecule has 0 bridgehead atoms. The second kappa shape index (κ2) is 5.59. The molecule has 1 rings (SSSR count). The smallest absolute Gasteiger partial charge is 0.0882 e. The highest BCUT2D eigenvalue weighted by Gasteiger charge is 2.06. The highest BCUT2D eigenvalue weighted by atomic mass is 32.1. The second-order valence-corrected chi connectivity index (χ2v) is 3.61. The maximum Gasteiger partial charge on any atom is 0.0882 e. The Bertz CT molecular complexity index is 280. The van der Waals surface area contributed by atoms with E-state index in [-0.39, 0.29) is 0 Å². The van der Waals surface area contributed by atoms with Gasteiger partial charge in [0.1, 0.15) is 0 Å².